The van der Waals surface area contributed by atoms with Gasteiger partial charge in [0, 0.05) is 31.8 Å². The molecule has 1 saturated heterocycles. The van der Waals surface area contributed by atoms with Crippen LogP contribution in [0.15, 0.2) is 0 Å². The molecule has 0 radical (unpaired) electrons. The summed E-state index contributed by atoms with van der Waals surface area (Å²) >= 11 is 0. The van der Waals surface area contributed by atoms with Crippen molar-refractivity contribution >= 4 is 0 Å². The summed E-state index contributed by atoms with van der Waals surface area (Å²) in [4.78, 5) is 0. The van der Waals surface area contributed by atoms with Crippen LogP contribution < -0.4 is 5.32 Å². The first-order valence-corrected chi connectivity index (χ1v) is 6.99. The first-order valence-electron chi connectivity index (χ1n) is 6.99. The standard InChI is InChI=1S/C14H29NO2/c1-13(2)5-9-16-10-7-14(11-15-3)6-4-8-17-12-14/h13,15H,4-12H2,1-3H3. The summed E-state index contributed by atoms with van der Waals surface area (Å²) in [5.74, 6) is 0.735. The topological polar surface area (TPSA) is 30.5 Å². The number of hydrogen-bond acceptors (Lipinski definition) is 3. The lowest BCUT2D eigenvalue weighted by atomic mass is 9.79. The second-order valence-electron chi connectivity index (χ2n) is 5.73. The van der Waals surface area contributed by atoms with Crippen LogP contribution >= 0.6 is 0 Å². The number of hydrogen-bond donors (Lipinski definition) is 1. The maximum absolute atomic E-state index is 5.74. The third-order valence-corrected chi connectivity index (χ3v) is 3.57. The Labute approximate surface area is 106 Å². The second-order valence-corrected chi connectivity index (χ2v) is 5.73. The van der Waals surface area contributed by atoms with Crippen LogP contribution in [0, 0.1) is 11.3 Å². The van der Waals surface area contributed by atoms with Gasteiger partial charge in [-0.2, -0.15) is 0 Å². The summed E-state index contributed by atoms with van der Waals surface area (Å²) in [7, 11) is 2.02. The van der Waals surface area contributed by atoms with E-state index in [-0.39, 0.29) is 0 Å². The van der Waals surface area contributed by atoms with Gasteiger partial charge in [0.05, 0.1) is 6.61 Å². The van der Waals surface area contributed by atoms with Gasteiger partial charge in [0.2, 0.25) is 0 Å². The lowest BCUT2D eigenvalue weighted by Gasteiger charge is -2.37. The molecule has 0 aromatic rings. The Morgan fingerprint density at radius 1 is 1.35 bits per heavy atom. The molecule has 0 saturated carbocycles. The summed E-state index contributed by atoms with van der Waals surface area (Å²) in [6, 6.07) is 0. The maximum atomic E-state index is 5.74. The fraction of sp³-hybridized carbons (Fsp3) is 1.00. The van der Waals surface area contributed by atoms with Crippen molar-refractivity contribution in [3.05, 3.63) is 0 Å². The van der Waals surface area contributed by atoms with Crippen LogP contribution in [-0.2, 0) is 9.47 Å². The average Bonchev–Trinajstić information content (AvgIpc) is 2.30. The predicted molar refractivity (Wildman–Crippen MR) is 71.3 cm³/mol. The Morgan fingerprint density at radius 2 is 2.18 bits per heavy atom. The minimum atomic E-state index is 0.310. The fourth-order valence-corrected chi connectivity index (χ4v) is 2.42. The predicted octanol–water partition coefficient (Wildman–Crippen LogP) is 2.46. The molecule has 3 nitrogen and oxygen atoms in total. The van der Waals surface area contributed by atoms with E-state index in [2.05, 4.69) is 19.2 Å². The van der Waals surface area contributed by atoms with Gasteiger partial charge in [-0.15, -0.1) is 0 Å². The lowest BCUT2D eigenvalue weighted by Crippen LogP contribution is -2.40. The molecule has 1 rings (SSSR count). The number of nitrogens with one attached hydrogen (secondary N) is 1. The molecular formula is C14H29NO2. The Bertz CT molecular complexity index is 183. The van der Waals surface area contributed by atoms with Crippen LogP contribution in [0.25, 0.3) is 0 Å². The van der Waals surface area contributed by atoms with Crippen LogP contribution in [-0.4, -0.2) is 40.0 Å². The largest absolute Gasteiger partial charge is 0.381 e. The van der Waals surface area contributed by atoms with Crippen molar-refractivity contribution in [2.45, 2.75) is 39.5 Å². The molecule has 1 unspecified atom stereocenters. The van der Waals surface area contributed by atoms with Crippen molar-refractivity contribution in [3.8, 4) is 0 Å². The molecule has 0 spiro atoms. The van der Waals surface area contributed by atoms with Gasteiger partial charge in [-0.1, -0.05) is 13.8 Å². The molecule has 17 heavy (non-hydrogen) atoms. The molecule has 0 amide bonds. The van der Waals surface area contributed by atoms with E-state index in [1.165, 1.54) is 12.8 Å². The molecule has 3 heteroatoms. The highest BCUT2D eigenvalue weighted by atomic mass is 16.5. The molecule has 1 atom stereocenters. The van der Waals surface area contributed by atoms with Crippen LogP contribution in [0.4, 0.5) is 0 Å². The molecule has 1 heterocycles. The Hall–Kier alpha value is -0.120. The molecule has 0 aromatic carbocycles. The van der Waals surface area contributed by atoms with Crippen molar-refractivity contribution in [3.63, 3.8) is 0 Å². The summed E-state index contributed by atoms with van der Waals surface area (Å²) < 4.78 is 11.4. The second kappa shape index (κ2) is 8.06. The third kappa shape index (κ3) is 5.84. The first-order chi connectivity index (χ1) is 8.18. The van der Waals surface area contributed by atoms with E-state index in [0.717, 1.165) is 51.7 Å². The summed E-state index contributed by atoms with van der Waals surface area (Å²) in [6.07, 6.45) is 4.73. The van der Waals surface area contributed by atoms with Gasteiger partial charge in [0.1, 0.15) is 0 Å². The summed E-state index contributed by atoms with van der Waals surface area (Å²) in [5.41, 5.74) is 0.310. The maximum Gasteiger partial charge on any atom is 0.0535 e. The van der Waals surface area contributed by atoms with Gasteiger partial charge in [-0.05, 0) is 38.6 Å². The smallest absolute Gasteiger partial charge is 0.0535 e. The monoisotopic (exact) mass is 243 g/mol. The highest BCUT2D eigenvalue weighted by Crippen LogP contribution is 2.31. The first kappa shape index (κ1) is 14.9. The van der Waals surface area contributed by atoms with Crippen LogP contribution in [0.2, 0.25) is 0 Å². The quantitative estimate of drug-likeness (QED) is 0.664. The molecule has 0 aliphatic carbocycles. The van der Waals surface area contributed by atoms with E-state index in [1.54, 1.807) is 0 Å². The molecular weight excluding hydrogens is 214 g/mol. The van der Waals surface area contributed by atoms with Gasteiger partial charge in [0.25, 0.3) is 0 Å². The van der Waals surface area contributed by atoms with Gasteiger partial charge in [-0.25, -0.2) is 0 Å². The minimum absolute atomic E-state index is 0.310. The van der Waals surface area contributed by atoms with Gasteiger partial charge >= 0.3 is 0 Å². The van der Waals surface area contributed by atoms with Crippen molar-refractivity contribution in [1.82, 2.24) is 5.32 Å². The van der Waals surface area contributed by atoms with Gasteiger partial charge < -0.3 is 14.8 Å². The normalized spacial score (nSPS) is 25.4. The molecule has 1 fully saturated rings. The number of rotatable bonds is 8. The molecule has 0 bridgehead atoms. The van der Waals surface area contributed by atoms with Crippen LogP contribution in [0.1, 0.15) is 39.5 Å². The molecule has 102 valence electrons. The summed E-state index contributed by atoms with van der Waals surface area (Å²) in [5, 5.41) is 3.30. The van der Waals surface area contributed by atoms with E-state index in [9.17, 15) is 0 Å². The van der Waals surface area contributed by atoms with E-state index >= 15 is 0 Å². The Morgan fingerprint density at radius 3 is 2.76 bits per heavy atom. The fourth-order valence-electron chi connectivity index (χ4n) is 2.42. The summed E-state index contributed by atoms with van der Waals surface area (Å²) in [6.45, 7) is 9.11. The zero-order chi connectivity index (χ0) is 12.6. The van der Waals surface area contributed by atoms with Crippen molar-refractivity contribution < 1.29 is 9.47 Å². The van der Waals surface area contributed by atoms with Crippen molar-refractivity contribution in [2.24, 2.45) is 11.3 Å². The van der Waals surface area contributed by atoms with E-state index in [1.807, 2.05) is 7.05 Å². The minimum Gasteiger partial charge on any atom is -0.381 e. The third-order valence-electron chi connectivity index (χ3n) is 3.57. The highest BCUT2D eigenvalue weighted by molar-refractivity contribution is 4.83. The SMILES string of the molecule is CNCC1(CCOCCC(C)C)CCCOC1. The Kier molecular flexibility index (Phi) is 7.09. The van der Waals surface area contributed by atoms with E-state index in [0.29, 0.717) is 5.41 Å². The molecule has 1 aliphatic rings. The zero-order valence-electron chi connectivity index (χ0n) is 11.8. The van der Waals surface area contributed by atoms with Crippen LogP contribution in [0.5, 0.6) is 0 Å². The zero-order valence-corrected chi connectivity index (χ0v) is 11.8. The Balaban J connectivity index is 2.20. The lowest BCUT2D eigenvalue weighted by molar-refractivity contribution is -0.0269. The molecule has 1 aliphatic heterocycles. The van der Waals surface area contributed by atoms with Gasteiger partial charge in [0.15, 0.2) is 0 Å². The van der Waals surface area contributed by atoms with Crippen molar-refractivity contribution in [2.75, 3.05) is 40.0 Å². The molecule has 0 aromatic heterocycles. The highest BCUT2D eigenvalue weighted by Gasteiger charge is 2.31. The molecule has 1 N–H and O–H groups in total. The van der Waals surface area contributed by atoms with Crippen LogP contribution in [0.3, 0.4) is 0 Å². The van der Waals surface area contributed by atoms with Gasteiger partial charge in [-0.3, -0.25) is 0 Å². The average molecular weight is 243 g/mol. The van der Waals surface area contributed by atoms with E-state index in [4.69, 9.17) is 9.47 Å². The number of ether oxygens (including phenoxy) is 2. The van der Waals surface area contributed by atoms with Crippen molar-refractivity contribution in [1.29, 1.82) is 0 Å². The van der Waals surface area contributed by atoms with E-state index < -0.39 is 0 Å².